The average molecular weight is 316 g/mol. The summed E-state index contributed by atoms with van der Waals surface area (Å²) >= 11 is 0. The molecule has 122 valence electrons. The molecule has 2 atom stereocenters. The van der Waals surface area contributed by atoms with Gasteiger partial charge in [0.15, 0.2) is 5.65 Å². The molecule has 0 spiro atoms. The zero-order valence-electron chi connectivity index (χ0n) is 13.3. The summed E-state index contributed by atoms with van der Waals surface area (Å²) in [4.78, 5) is 25.9. The Bertz CT molecular complexity index is 728. The summed E-state index contributed by atoms with van der Waals surface area (Å²) in [6.07, 6.45) is 3.65. The lowest BCUT2D eigenvalue weighted by molar-refractivity contribution is -0.119. The highest BCUT2D eigenvalue weighted by molar-refractivity contribution is 5.94. The normalized spacial score (nSPS) is 20.9. The van der Waals surface area contributed by atoms with E-state index in [1.165, 1.54) is 11.4 Å². The highest BCUT2D eigenvalue weighted by atomic mass is 16.2. The minimum Gasteiger partial charge on any atom is -0.351 e. The van der Waals surface area contributed by atoms with Crippen molar-refractivity contribution in [3.63, 3.8) is 0 Å². The maximum absolute atomic E-state index is 12.7. The van der Waals surface area contributed by atoms with Gasteiger partial charge in [0.1, 0.15) is 0 Å². The first-order valence-corrected chi connectivity index (χ1v) is 7.82. The van der Waals surface area contributed by atoms with Crippen molar-refractivity contribution < 1.29 is 9.59 Å². The van der Waals surface area contributed by atoms with Gasteiger partial charge in [-0.05, 0) is 34.9 Å². The van der Waals surface area contributed by atoms with Crippen LogP contribution in [0.3, 0.4) is 0 Å². The highest BCUT2D eigenvalue weighted by Crippen LogP contribution is 2.23. The number of amides is 2. The van der Waals surface area contributed by atoms with Crippen LogP contribution in [0.25, 0.3) is 5.65 Å². The summed E-state index contributed by atoms with van der Waals surface area (Å²) in [5, 5.41) is 14.2. The van der Waals surface area contributed by atoms with E-state index in [1.54, 1.807) is 23.2 Å². The van der Waals surface area contributed by atoms with Crippen LogP contribution in [0.1, 0.15) is 37.0 Å². The summed E-state index contributed by atoms with van der Waals surface area (Å²) in [6.45, 7) is 4.82. The van der Waals surface area contributed by atoms with Gasteiger partial charge in [0, 0.05) is 26.2 Å². The molecule has 8 nitrogen and oxygen atoms in total. The summed E-state index contributed by atoms with van der Waals surface area (Å²) in [7, 11) is 0. The summed E-state index contributed by atoms with van der Waals surface area (Å²) < 4.78 is 1.48. The van der Waals surface area contributed by atoms with Gasteiger partial charge in [-0.25, -0.2) is 0 Å². The van der Waals surface area contributed by atoms with Crippen LogP contribution in [0.15, 0.2) is 18.3 Å². The number of likely N-dealkylation sites (tertiary alicyclic amines) is 1. The van der Waals surface area contributed by atoms with Gasteiger partial charge >= 0.3 is 0 Å². The van der Waals surface area contributed by atoms with E-state index in [0.29, 0.717) is 30.2 Å². The Morgan fingerprint density at radius 3 is 2.91 bits per heavy atom. The van der Waals surface area contributed by atoms with Crippen LogP contribution in [-0.2, 0) is 4.79 Å². The number of aromatic nitrogens is 4. The second-order valence-corrected chi connectivity index (χ2v) is 5.97. The van der Waals surface area contributed by atoms with Crippen molar-refractivity contribution in [1.82, 2.24) is 30.3 Å². The predicted octanol–water partition coefficient (Wildman–Crippen LogP) is 0.501. The number of fused-ring (bicyclic) bond motifs is 1. The van der Waals surface area contributed by atoms with E-state index in [2.05, 4.69) is 27.8 Å². The van der Waals surface area contributed by atoms with Crippen LogP contribution in [0.4, 0.5) is 0 Å². The Balaban J connectivity index is 1.77. The molecule has 1 aliphatic rings. The van der Waals surface area contributed by atoms with E-state index in [4.69, 9.17) is 0 Å². The van der Waals surface area contributed by atoms with Crippen molar-refractivity contribution in [2.75, 3.05) is 13.1 Å². The number of carbonyl (C=O) groups excluding carboxylic acids is 2. The molecule has 2 aromatic heterocycles. The number of tetrazole rings is 1. The molecule has 1 saturated heterocycles. The highest BCUT2D eigenvalue weighted by Gasteiger charge is 2.35. The van der Waals surface area contributed by atoms with Crippen molar-refractivity contribution in [2.45, 2.75) is 32.7 Å². The third-order valence-corrected chi connectivity index (χ3v) is 4.21. The van der Waals surface area contributed by atoms with Crippen LogP contribution in [0.2, 0.25) is 0 Å². The molecular formula is C15H20N6O2. The van der Waals surface area contributed by atoms with Crippen LogP contribution >= 0.6 is 0 Å². The lowest BCUT2D eigenvalue weighted by Crippen LogP contribution is -2.39. The molecule has 2 aromatic rings. The van der Waals surface area contributed by atoms with E-state index in [-0.39, 0.29) is 17.9 Å². The van der Waals surface area contributed by atoms with Crippen LogP contribution < -0.4 is 5.32 Å². The van der Waals surface area contributed by atoms with Crippen molar-refractivity contribution in [3.05, 3.63) is 23.9 Å². The predicted molar refractivity (Wildman–Crippen MR) is 82.7 cm³/mol. The fraction of sp³-hybridized carbons (Fsp3) is 0.533. The fourth-order valence-corrected chi connectivity index (χ4v) is 3.18. The second-order valence-electron chi connectivity index (χ2n) is 5.97. The molecule has 3 rings (SSSR count). The molecule has 1 N–H and O–H groups in total. The summed E-state index contributed by atoms with van der Waals surface area (Å²) in [6, 6.07) is 3.47. The zero-order chi connectivity index (χ0) is 16.4. The van der Waals surface area contributed by atoms with E-state index in [0.717, 1.165) is 12.8 Å². The lowest BCUT2D eigenvalue weighted by atomic mass is 9.98. The van der Waals surface area contributed by atoms with Gasteiger partial charge in [0.05, 0.1) is 11.6 Å². The van der Waals surface area contributed by atoms with E-state index >= 15 is 0 Å². The fourth-order valence-electron chi connectivity index (χ4n) is 3.18. The van der Waals surface area contributed by atoms with Gasteiger partial charge < -0.3 is 10.2 Å². The number of hydrogen-bond acceptors (Lipinski definition) is 5. The van der Waals surface area contributed by atoms with Gasteiger partial charge in [-0.1, -0.05) is 13.3 Å². The first kappa shape index (κ1) is 15.4. The first-order valence-electron chi connectivity index (χ1n) is 7.82. The molecule has 0 aliphatic carbocycles. The molecule has 1 fully saturated rings. The molecule has 0 saturated carbocycles. The Kier molecular flexibility index (Phi) is 4.22. The van der Waals surface area contributed by atoms with Crippen LogP contribution in [0, 0.1) is 5.92 Å². The number of pyridine rings is 1. The maximum Gasteiger partial charge on any atom is 0.255 e. The van der Waals surface area contributed by atoms with Gasteiger partial charge in [0.25, 0.3) is 5.91 Å². The quantitative estimate of drug-likeness (QED) is 0.887. The van der Waals surface area contributed by atoms with Gasteiger partial charge in [-0.15, -0.1) is 5.10 Å². The van der Waals surface area contributed by atoms with E-state index in [9.17, 15) is 9.59 Å². The van der Waals surface area contributed by atoms with Crippen LogP contribution in [-0.4, -0.2) is 55.9 Å². The number of rotatable bonds is 4. The molecule has 23 heavy (non-hydrogen) atoms. The smallest absolute Gasteiger partial charge is 0.255 e. The number of hydrogen-bond donors (Lipinski definition) is 1. The van der Waals surface area contributed by atoms with Gasteiger partial charge in [0.2, 0.25) is 5.91 Å². The van der Waals surface area contributed by atoms with Crippen molar-refractivity contribution in [1.29, 1.82) is 0 Å². The lowest BCUT2D eigenvalue weighted by Gasteiger charge is -2.17. The number of nitrogens with zero attached hydrogens (tertiary/aromatic N) is 5. The number of carbonyl (C=O) groups is 2. The van der Waals surface area contributed by atoms with Crippen LogP contribution in [0.5, 0.6) is 0 Å². The number of nitrogens with one attached hydrogen (secondary N) is 1. The minimum absolute atomic E-state index is 0.0215. The zero-order valence-corrected chi connectivity index (χ0v) is 13.3. The molecule has 0 aromatic carbocycles. The SMILES string of the molecule is CCC[C@@H]1CN(C(=O)c2ccc3nnnn3c2)C[C@H]1NC(C)=O. The van der Waals surface area contributed by atoms with Crippen molar-refractivity contribution in [2.24, 2.45) is 5.92 Å². The molecule has 3 heterocycles. The molecule has 8 heteroatoms. The van der Waals surface area contributed by atoms with Crippen molar-refractivity contribution in [3.8, 4) is 0 Å². The standard InChI is InChI=1S/C15H20N6O2/c1-3-4-11-7-20(9-13(11)16-10(2)22)15(23)12-5-6-14-17-18-19-21(14)8-12/h5-6,8,11,13H,3-4,7,9H2,1-2H3,(H,16,22)/t11-,13-/m1/s1. The van der Waals surface area contributed by atoms with Crippen molar-refractivity contribution >= 4 is 17.5 Å². The van der Waals surface area contributed by atoms with Gasteiger partial charge in [-0.3, -0.25) is 9.59 Å². The third kappa shape index (κ3) is 3.15. The van der Waals surface area contributed by atoms with E-state index in [1.807, 2.05) is 0 Å². The average Bonchev–Trinajstić information content (AvgIpc) is 3.13. The molecule has 0 unspecified atom stereocenters. The minimum atomic E-state index is -0.0589. The largest absolute Gasteiger partial charge is 0.351 e. The molecule has 2 amide bonds. The molecular weight excluding hydrogens is 296 g/mol. The molecule has 1 aliphatic heterocycles. The Labute approximate surface area is 133 Å². The monoisotopic (exact) mass is 316 g/mol. The van der Waals surface area contributed by atoms with E-state index < -0.39 is 0 Å². The maximum atomic E-state index is 12.7. The molecule has 0 radical (unpaired) electrons. The summed E-state index contributed by atoms with van der Waals surface area (Å²) in [5.41, 5.74) is 1.14. The first-order chi connectivity index (χ1) is 11.1. The third-order valence-electron chi connectivity index (χ3n) is 4.21. The topological polar surface area (TPSA) is 92.5 Å². The molecule has 0 bridgehead atoms. The van der Waals surface area contributed by atoms with Gasteiger partial charge in [-0.2, -0.15) is 4.52 Å². The Morgan fingerprint density at radius 2 is 2.17 bits per heavy atom. The second kappa shape index (κ2) is 6.31. The Hall–Kier alpha value is -2.51. The summed E-state index contributed by atoms with van der Waals surface area (Å²) in [5.74, 6) is 0.182. The Morgan fingerprint density at radius 1 is 1.35 bits per heavy atom.